The van der Waals surface area contributed by atoms with E-state index in [0.717, 1.165) is 5.56 Å². The molecule has 0 aliphatic carbocycles. The zero-order chi connectivity index (χ0) is 10.1. The smallest absolute Gasteiger partial charge is 0.123 e. The number of halogens is 2. The van der Waals surface area contributed by atoms with Crippen molar-refractivity contribution in [2.45, 2.75) is 26.1 Å². The summed E-state index contributed by atoms with van der Waals surface area (Å²) in [5.41, 5.74) is 0.968. The first kappa shape index (κ1) is 10.5. The van der Waals surface area contributed by atoms with E-state index in [0.29, 0.717) is 0 Å². The molecular weight excluding hydrogens is 187 g/mol. The van der Waals surface area contributed by atoms with Gasteiger partial charge in [0.2, 0.25) is 0 Å². The number of alkyl halides is 1. The lowest BCUT2D eigenvalue weighted by Crippen LogP contribution is -2.13. The molecule has 0 N–H and O–H groups in total. The minimum atomic E-state index is -0.221. The largest absolute Gasteiger partial charge is 0.207 e. The van der Waals surface area contributed by atoms with Crippen molar-refractivity contribution in [3.63, 3.8) is 0 Å². The van der Waals surface area contributed by atoms with Crippen molar-refractivity contribution < 1.29 is 4.39 Å². The summed E-state index contributed by atoms with van der Waals surface area (Å²) < 4.78 is 12.6. The van der Waals surface area contributed by atoms with Gasteiger partial charge in [-0.25, -0.2) is 4.39 Å². The maximum atomic E-state index is 12.6. The van der Waals surface area contributed by atoms with E-state index in [2.05, 4.69) is 20.8 Å². The highest BCUT2D eigenvalue weighted by atomic mass is 35.5. The van der Waals surface area contributed by atoms with Crippen LogP contribution >= 0.6 is 11.6 Å². The van der Waals surface area contributed by atoms with E-state index in [1.165, 1.54) is 12.1 Å². The third-order valence-corrected chi connectivity index (χ3v) is 2.83. The van der Waals surface area contributed by atoms with Gasteiger partial charge in [0.1, 0.15) is 5.82 Å². The normalized spacial score (nSPS) is 14.2. The average molecular weight is 201 g/mol. The van der Waals surface area contributed by atoms with E-state index < -0.39 is 0 Å². The molecule has 1 aromatic carbocycles. The fourth-order valence-electron chi connectivity index (χ4n) is 1.13. The van der Waals surface area contributed by atoms with E-state index in [1.54, 1.807) is 12.1 Å². The molecule has 1 rings (SSSR count). The Bertz CT molecular complexity index is 271. The second kappa shape index (κ2) is 3.67. The van der Waals surface area contributed by atoms with Gasteiger partial charge in [-0.05, 0) is 23.1 Å². The van der Waals surface area contributed by atoms with Gasteiger partial charge in [0.25, 0.3) is 0 Å². The zero-order valence-electron chi connectivity index (χ0n) is 8.14. The molecule has 0 saturated carbocycles. The van der Waals surface area contributed by atoms with Crippen LogP contribution in [-0.4, -0.2) is 0 Å². The van der Waals surface area contributed by atoms with Crippen molar-refractivity contribution in [1.29, 1.82) is 0 Å². The number of benzene rings is 1. The summed E-state index contributed by atoms with van der Waals surface area (Å²) in [6.07, 6.45) is 0. The van der Waals surface area contributed by atoms with Crippen molar-refractivity contribution in [3.8, 4) is 0 Å². The molecule has 0 aliphatic heterocycles. The van der Waals surface area contributed by atoms with Gasteiger partial charge in [0, 0.05) is 0 Å². The summed E-state index contributed by atoms with van der Waals surface area (Å²) in [6.45, 7) is 6.19. The molecule has 0 aliphatic rings. The van der Waals surface area contributed by atoms with Gasteiger partial charge in [0.05, 0.1) is 5.38 Å². The predicted molar refractivity (Wildman–Crippen MR) is 54.4 cm³/mol. The Hall–Kier alpha value is -0.560. The standard InChI is InChI=1S/C11H14ClF/c1-11(2,3)10(12)8-4-6-9(13)7-5-8/h4-7,10H,1-3H3. The minimum Gasteiger partial charge on any atom is -0.207 e. The molecule has 72 valence electrons. The first-order valence-corrected chi connectivity index (χ1v) is 4.74. The average Bonchev–Trinajstić information content (AvgIpc) is 2.03. The molecule has 0 spiro atoms. The quantitative estimate of drug-likeness (QED) is 0.598. The van der Waals surface area contributed by atoms with Crippen molar-refractivity contribution in [2.75, 3.05) is 0 Å². The summed E-state index contributed by atoms with van der Waals surface area (Å²) in [4.78, 5) is 0. The van der Waals surface area contributed by atoms with Crippen LogP contribution < -0.4 is 0 Å². The molecule has 0 heterocycles. The van der Waals surface area contributed by atoms with Crippen LogP contribution in [0.3, 0.4) is 0 Å². The summed E-state index contributed by atoms with van der Waals surface area (Å²) in [5.74, 6) is -0.221. The van der Waals surface area contributed by atoms with E-state index in [4.69, 9.17) is 11.6 Å². The van der Waals surface area contributed by atoms with Crippen LogP contribution in [0.2, 0.25) is 0 Å². The Morgan fingerprint density at radius 2 is 1.62 bits per heavy atom. The third-order valence-electron chi connectivity index (χ3n) is 1.92. The van der Waals surface area contributed by atoms with Gasteiger partial charge < -0.3 is 0 Å². The maximum absolute atomic E-state index is 12.6. The summed E-state index contributed by atoms with van der Waals surface area (Å²) in [5, 5.41) is -0.0758. The van der Waals surface area contributed by atoms with E-state index in [1.807, 2.05) is 0 Å². The van der Waals surface area contributed by atoms with Crippen LogP contribution in [0.15, 0.2) is 24.3 Å². The molecule has 0 nitrogen and oxygen atoms in total. The fourth-order valence-corrected chi connectivity index (χ4v) is 1.28. The van der Waals surface area contributed by atoms with Crippen molar-refractivity contribution in [2.24, 2.45) is 5.41 Å². The molecule has 2 heteroatoms. The first-order chi connectivity index (χ1) is 5.91. The highest BCUT2D eigenvalue weighted by Gasteiger charge is 2.23. The second-order valence-corrected chi connectivity index (χ2v) is 4.72. The monoisotopic (exact) mass is 200 g/mol. The number of hydrogen-bond donors (Lipinski definition) is 0. The molecule has 0 bridgehead atoms. The maximum Gasteiger partial charge on any atom is 0.123 e. The topological polar surface area (TPSA) is 0 Å². The number of rotatable bonds is 1. The van der Waals surface area contributed by atoms with Crippen LogP contribution in [0.4, 0.5) is 4.39 Å². The van der Waals surface area contributed by atoms with Gasteiger partial charge in [-0.15, -0.1) is 11.6 Å². The Balaban J connectivity index is 2.90. The highest BCUT2D eigenvalue weighted by molar-refractivity contribution is 6.21. The molecule has 0 saturated heterocycles. The first-order valence-electron chi connectivity index (χ1n) is 4.31. The predicted octanol–water partition coefficient (Wildman–Crippen LogP) is 4.15. The molecular formula is C11H14ClF. The molecule has 0 fully saturated rings. The molecule has 1 unspecified atom stereocenters. The van der Waals surface area contributed by atoms with Gasteiger partial charge in [-0.1, -0.05) is 32.9 Å². The molecule has 1 atom stereocenters. The third kappa shape index (κ3) is 2.70. The van der Waals surface area contributed by atoms with Crippen molar-refractivity contribution in [3.05, 3.63) is 35.6 Å². The highest BCUT2D eigenvalue weighted by Crippen LogP contribution is 2.38. The lowest BCUT2D eigenvalue weighted by molar-refractivity contribution is 0.395. The van der Waals surface area contributed by atoms with Crippen LogP contribution in [-0.2, 0) is 0 Å². The van der Waals surface area contributed by atoms with Gasteiger partial charge in [-0.3, -0.25) is 0 Å². The Kier molecular flexibility index (Phi) is 2.97. The van der Waals surface area contributed by atoms with Crippen LogP contribution in [0.5, 0.6) is 0 Å². The number of hydrogen-bond acceptors (Lipinski definition) is 0. The van der Waals surface area contributed by atoms with Crippen molar-refractivity contribution in [1.82, 2.24) is 0 Å². The van der Waals surface area contributed by atoms with Crippen LogP contribution in [0.25, 0.3) is 0 Å². The zero-order valence-corrected chi connectivity index (χ0v) is 8.90. The minimum absolute atomic E-state index is 0.000610. The Morgan fingerprint density at radius 1 is 1.15 bits per heavy atom. The Labute approximate surface area is 83.7 Å². The van der Waals surface area contributed by atoms with Gasteiger partial charge in [0.15, 0.2) is 0 Å². The van der Waals surface area contributed by atoms with E-state index in [9.17, 15) is 4.39 Å². The summed E-state index contributed by atoms with van der Waals surface area (Å²) >= 11 is 6.21. The molecule has 0 aromatic heterocycles. The van der Waals surface area contributed by atoms with Gasteiger partial charge in [-0.2, -0.15) is 0 Å². The Morgan fingerprint density at radius 3 is 2.00 bits per heavy atom. The van der Waals surface area contributed by atoms with E-state index >= 15 is 0 Å². The molecule has 0 amide bonds. The lowest BCUT2D eigenvalue weighted by Gasteiger charge is -2.25. The van der Waals surface area contributed by atoms with Crippen LogP contribution in [0, 0.1) is 11.2 Å². The van der Waals surface area contributed by atoms with E-state index in [-0.39, 0.29) is 16.6 Å². The fraction of sp³-hybridized carbons (Fsp3) is 0.455. The SMILES string of the molecule is CC(C)(C)C(Cl)c1ccc(F)cc1. The lowest BCUT2D eigenvalue weighted by atomic mass is 9.87. The summed E-state index contributed by atoms with van der Waals surface area (Å²) in [7, 11) is 0. The van der Waals surface area contributed by atoms with Crippen molar-refractivity contribution >= 4 is 11.6 Å². The molecule has 0 radical (unpaired) electrons. The summed E-state index contributed by atoms with van der Waals surface area (Å²) in [6, 6.07) is 6.35. The second-order valence-electron chi connectivity index (χ2n) is 4.28. The molecule has 13 heavy (non-hydrogen) atoms. The van der Waals surface area contributed by atoms with Gasteiger partial charge >= 0.3 is 0 Å². The van der Waals surface area contributed by atoms with Crippen LogP contribution in [0.1, 0.15) is 31.7 Å². The molecule has 1 aromatic rings.